The molecular formula is C23H24ClNO3. The lowest BCUT2D eigenvalue weighted by atomic mass is 10.0. The van der Waals surface area contributed by atoms with Gasteiger partial charge in [-0.2, -0.15) is 0 Å². The minimum Gasteiger partial charge on any atom is -0.455 e. The molecule has 4 rings (SSSR count). The predicted molar refractivity (Wildman–Crippen MR) is 113 cm³/mol. The van der Waals surface area contributed by atoms with E-state index in [4.69, 9.17) is 9.15 Å². The summed E-state index contributed by atoms with van der Waals surface area (Å²) in [6, 6.07) is 21.6. The summed E-state index contributed by atoms with van der Waals surface area (Å²) in [4.78, 5) is 15.3. The molecule has 1 aliphatic rings. The number of morpholine rings is 1. The Hall–Kier alpha value is -2.40. The molecule has 4 nitrogen and oxygen atoms in total. The fraction of sp³-hybridized carbons (Fsp3) is 0.261. The van der Waals surface area contributed by atoms with Crippen molar-refractivity contribution in [1.29, 1.82) is 0 Å². The molecule has 5 heteroatoms. The van der Waals surface area contributed by atoms with Gasteiger partial charge in [-0.15, -0.1) is 12.4 Å². The molecule has 0 unspecified atom stereocenters. The molecule has 146 valence electrons. The number of nitrogens with zero attached hydrogens (tertiary/aromatic N) is 1. The number of ether oxygens (including phenoxy) is 1. The molecule has 2 heterocycles. The Bertz CT molecular complexity index is 887. The van der Waals surface area contributed by atoms with Gasteiger partial charge in [0.05, 0.1) is 18.8 Å². The van der Waals surface area contributed by atoms with E-state index in [9.17, 15) is 4.79 Å². The first-order valence-corrected chi connectivity index (χ1v) is 9.39. The van der Waals surface area contributed by atoms with Crippen LogP contribution in [0.1, 0.15) is 16.8 Å². The van der Waals surface area contributed by atoms with Gasteiger partial charge in [0.1, 0.15) is 11.5 Å². The monoisotopic (exact) mass is 397 g/mol. The van der Waals surface area contributed by atoms with Gasteiger partial charge in [-0.3, -0.25) is 9.69 Å². The highest BCUT2D eigenvalue weighted by molar-refractivity contribution is 6.02. The minimum atomic E-state index is 0. The summed E-state index contributed by atoms with van der Waals surface area (Å²) in [7, 11) is 0. The van der Waals surface area contributed by atoms with Crippen LogP contribution in [0, 0.1) is 0 Å². The maximum atomic E-state index is 13.0. The smallest absolute Gasteiger partial charge is 0.168 e. The molecule has 1 fully saturated rings. The van der Waals surface area contributed by atoms with Crippen LogP contribution in [-0.2, 0) is 4.74 Å². The molecule has 1 aliphatic heterocycles. The highest BCUT2D eigenvalue weighted by Crippen LogP contribution is 2.33. The van der Waals surface area contributed by atoms with Crippen LogP contribution < -0.4 is 0 Å². The number of hydrogen-bond acceptors (Lipinski definition) is 4. The normalized spacial score (nSPS) is 14.4. The van der Waals surface area contributed by atoms with E-state index in [1.54, 1.807) is 0 Å². The van der Waals surface area contributed by atoms with Crippen molar-refractivity contribution in [3.8, 4) is 22.6 Å². The number of furan rings is 1. The summed E-state index contributed by atoms with van der Waals surface area (Å²) in [5.74, 6) is 1.50. The van der Waals surface area contributed by atoms with Crippen molar-refractivity contribution in [2.24, 2.45) is 0 Å². The molecule has 0 N–H and O–H groups in total. The lowest BCUT2D eigenvalue weighted by Crippen LogP contribution is -2.37. The summed E-state index contributed by atoms with van der Waals surface area (Å²) >= 11 is 0. The van der Waals surface area contributed by atoms with Gasteiger partial charge in [0.15, 0.2) is 5.78 Å². The van der Waals surface area contributed by atoms with Gasteiger partial charge < -0.3 is 9.15 Å². The fourth-order valence-corrected chi connectivity index (χ4v) is 3.37. The van der Waals surface area contributed by atoms with Crippen LogP contribution in [0.5, 0.6) is 0 Å². The molecule has 1 aromatic heterocycles. The summed E-state index contributed by atoms with van der Waals surface area (Å²) in [5, 5.41) is 0. The quantitative estimate of drug-likeness (QED) is 0.552. The summed E-state index contributed by atoms with van der Waals surface area (Å²) in [6.45, 7) is 4.02. The summed E-state index contributed by atoms with van der Waals surface area (Å²) in [5.41, 5.74) is 2.56. The van der Waals surface area contributed by atoms with E-state index < -0.39 is 0 Å². The molecule has 0 spiro atoms. The fourth-order valence-electron chi connectivity index (χ4n) is 3.37. The highest BCUT2D eigenvalue weighted by Gasteiger charge is 2.21. The third kappa shape index (κ3) is 4.71. The predicted octanol–water partition coefficient (Wildman–Crippen LogP) is 4.94. The van der Waals surface area contributed by atoms with Gasteiger partial charge in [-0.1, -0.05) is 60.7 Å². The number of ketones is 1. The second-order valence-corrected chi connectivity index (χ2v) is 6.71. The van der Waals surface area contributed by atoms with E-state index in [2.05, 4.69) is 4.90 Å². The third-order valence-electron chi connectivity index (χ3n) is 4.89. The number of carbonyl (C=O) groups excluding carboxylic acids is 1. The number of rotatable bonds is 6. The maximum absolute atomic E-state index is 13.0. The van der Waals surface area contributed by atoms with Gasteiger partial charge >= 0.3 is 0 Å². The Balaban J connectivity index is 0.00000225. The molecule has 28 heavy (non-hydrogen) atoms. The topological polar surface area (TPSA) is 42.7 Å². The number of hydrogen-bond donors (Lipinski definition) is 0. The number of benzene rings is 2. The van der Waals surface area contributed by atoms with Gasteiger partial charge in [0, 0.05) is 37.2 Å². The zero-order chi connectivity index (χ0) is 18.5. The lowest BCUT2D eigenvalue weighted by molar-refractivity contribution is 0.0370. The molecule has 0 amide bonds. The average Bonchev–Trinajstić information content (AvgIpc) is 3.20. The zero-order valence-corrected chi connectivity index (χ0v) is 16.5. The first-order chi connectivity index (χ1) is 13.3. The van der Waals surface area contributed by atoms with Gasteiger partial charge in [-0.25, -0.2) is 0 Å². The molecule has 0 aliphatic carbocycles. The molecule has 1 saturated heterocycles. The van der Waals surface area contributed by atoms with Gasteiger partial charge in [-0.05, 0) is 6.07 Å². The molecule has 2 aromatic carbocycles. The van der Waals surface area contributed by atoms with E-state index >= 15 is 0 Å². The van der Waals surface area contributed by atoms with E-state index in [0.717, 1.165) is 49.7 Å². The maximum Gasteiger partial charge on any atom is 0.168 e. The zero-order valence-electron chi connectivity index (χ0n) is 15.7. The van der Waals surface area contributed by atoms with E-state index in [0.29, 0.717) is 17.7 Å². The van der Waals surface area contributed by atoms with Crippen molar-refractivity contribution in [3.63, 3.8) is 0 Å². The number of halogens is 1. The third-order valence-corrected chi connectivity index (χ3v) is 4.89. The molecule has 0 saturated carbocycles. The Morgan fingerprint density at radius 1 is 0.893 bits per heavy atom. The van der Waals surface area contributed by atoms with Crippen LogP contribution in [0.2, 0.25) is 0 Å². The Morgan fingerprint density at radius 3 is 2.14 bits per heavy atom. The van der Waals surface area contributed by atoms with Crippen LogP contribution in [0.15, 0.2) is 71.1 Å². The van der Waals surface area contributed by atoms with Gasteiger partial charge in [0.2, 0.25) is 0 Å². The lowest BCUT2D eigenvalue weighted by Gasteiger charge is -2.26. The van der Waals surface area contributed by atoms with E-state index in [1.165, 1.54) is 0 Å². The molecule has 0 bridgehead atoms. The Kier molecular flexibility index (Phi) is 7.04. The van der Waals surface area contributed by atoms with E-state index in [1.807, 2.05) is 66.7 Å². The molecule has 0 radical (unpaired) electrons. The van der Waals surface area contributed by atoms with Gasteiger partial charge in [0.25, 0.3) is 0 Å². The van der Waals surface area contributed by atoms with Crippen molar-refractivity contribution in [2.75, 3.05) is 32.8 Å². The second kappa shape index (κ2) is 9.69. The van der Waals surface area contributed by atoms with Crippen molar-refractivity contribution >= 4 is 18.2 Å². The minimum absolute atomic E-state index is 0. The SMILES string of the molecule is Cl.O=C(CCN1CCOCC1)c1cc(-c2ccccc2)oc1-c1ccccc1. The largest absolute Gasteiger partial charge is 0.455 e. The van der Waals surface area contributed by atoms with Crippen molar-refractivity contribution in [3.05, 3.63) is 72.3 Å². The molecular weight excluding hydrogens is 374 g/mol. The highest BCUT2D eigenvalue weighted by atomic mass is 35.5. The van der Waals surface area contributed by atoms with Crippen LogP contribution in [0.3, 0.4) is 0 Å². The second-order valence-electron chi connectivity index (χ2n) is 6.71. The average molecular weight is 398 g/mol. The molecule has 0 atom stereocenters. The van der Waals surface area contributed by atoms with Crippen molar-refractivity contribution in [1.82, 2.24) is 4.90 Å². The first-order valence-electron chi connectivity index (χ1n) is 9.39. The Labute approximate surface area is 171 Å². The van der Waals surface area contributed by atoms with Crippen LogP contribution in [-0.4, -0.2) is 43.5 Å². The van der Waals surface area contributed by atoms with Crippen LogP contribution in [0.4, 0.5) is 0 Å². The van der Waals surface area contributed by atoms with Crippen LogP contribution >= 0.6 is 12.4 Å². The van der Waals surface area contributed by atoms with Crippen molar-refractivity contribution < 1.29 is 13.9 Å². The van der Waals surface area contributed by atoms with Crippen molar-refractivity contribution in [2.45, 2.75) is 6.42 Å². The first kappa shape index (κ1) is 20.3. The Morgan fingerprint density at radius 2 is 1.50 bits per heavy atom. The summed E-state index contributed by atoms with van der Waals surface area (Å²) < 4.78 is 11.5. The van der Waals surface area contributed by atoms with E-state index in [-0.39, 0.29) is 18.2 Å². The standard InChI is InChI=1S/C23H23NO3.ClH/c25-21(11-12-24-13-15-26-16-14-24)20-17-22(18-7-3-1-4-8-18)27-23(20)19-9-5-2-6-10-19;/h1-10,17H,11-16H2;1H. The number of Topliss-reactive ketones (excluding diaryl/α,β-unsaturated/α-hetero) is 1. The molecule has 3 aromatic rings. The summed E-state index contributed by atoms with van der Waals surface area (Å²) in [6.07, 6.45) is 0.480. The van der Waals surface area contributed by atoms with Crippen LogP contribution in [0.25, 0.3) is 22.6 Å². The number of carbonyl (C=O) groups is 1.